The third-order valence-corrected chi connectivity index (χ3v) is 4.62. The molecular weight excluding hydrogens is 346 g/mol. The number of nitrogens with zero attached hydrogens (tertiary/aromatic N) is 1. The number of sulfonamides is 1. The average molecular weight is 361 g/mol. The maximum absolute atomic E-state index is 12.1. The first-order chi connectivity index (χ1) is 11.8. The van der Waals surface area contributed by atoms with Crippen LogP contribution in [-0.4, -0.2) is 25.8 Å². The summed E-state index contributed by atoms with van der Waals surface area (Å²) in [5.41, 5.74) is 0.556. The first-order valence-electron chi connectivity index (χ1n) is 7.10. The van der Waals surface area contributed by atoms with Gasteiger partial charge in [0.2, 0.25) is 10.0 Å². The van der Waals surface area contributed by atoms with Crippen LogP contribution >= 0.6 is 0 Å². The fourth-order valence-electron chi connectivity index (χ4n) is 1.91. The van der Waals surface area contributed by atoms with Gasteiger partial charge >= 0.3 is 0 Å². The fourth-order valence-corrected chi connectivity index (χ4v) is 2.91. The summed E-state index contributed by atoms with van der Waals surface area (Å²) in [6.45, 7) is 3.53. The summed E-state index contributed by atoms with van der Waals surface area (Å²) in [7, 11) is -3.65. The number of carbonyl (C=O) groups is 1. The Morgan fingerprint density at radius 2 is 1.72 bits per heavy atom. The highest BCUT2D eigenvalue weighted by atomic mass is 32.2. The molecule has 0 unspecified atom stereocenters. The lowest BCUT2D eigenvalue weighted by Gasteiger charge is -2.07. The number of hydrogen-bond donors (Lipinski definition) is 2. The molecule has 25 heavy (non-hydrogen) atoms. The number of amides is 1. The molecule has 0 aliphatic heterocycles. The van der Waals surface area contributed by atoms with Crippen molar-refractivity contribution in [1.82, 2.24) is 4.72 Å². The first kappa shape index (κ1) is 18.3. The van der Waals surface area contributed by atoms with Gasteiger partial charge in [-0.25, -0.2) is 13.1 Å². The maximum atomic E-state index is 12.1. The molecule has 0 spiro atoms. The molecule has 0 heterocycles. The minimum atomic E-state index is -3.65. The molecule has 130 valence electrons. The Hall–Kier alpha value is -3.04. The van der Waals surface area contributed by atoms with E-state index in [0.717, 1.165) is 0 Å². The second kappa shape index (κ2) is 7.69. The Kier molecular flexibility index (Phi) is 5.63. The fraction of sp³-hybridized carbons (Fsp3) is 0.0625. The Morgan fingerprint density at radius 1 is 1.12 bits per heavy atom. The van der Waals surface area contributed by atoms with Crippen molar-refractivity contribution in [2.75, 3.05) is 11.9 Å². The van der Waals surface area contributed by atoms with Crippen molar-refractivity contribution in [1.29, 1.82) is 0 Å². The molecule has 0 aliphatic rings. The summed E-state index contributed by atoms with van der Waals surface area (Å²) in [6, 6.07) is 10.8. The molecule has 0 aliphatic carbocycles. The highest BCUT2D eigenvalue weighted by molar-refractivity contribution is 7.89. The summed E-state index contributed by atoms with van der Waals surface area (Å²) in [4.78, 5) is 22.2. The van der Waals surface area contributed by atoms with E-state index in [1.165, 1.54) is 54.6 Å². The zero-order valence-electron chi connectivity index (χ0n) is 13.0. The highest BCUT2D eigenvalue weighted by Gasteiger charge is 2.14. The van der Waals surface area contributed by atoms with E-state index in [2.05, 4.69) is 16.6 Å². The van der Waals surface area contributed by atoms with E-state index in [1.54, 1.807) is 0 Å². The minimum absolute atomic E-state index is 0.0289. The van der Waals surface area contributed by atoms with Gasteiger partial charge in [0, 0.05) is 29.9 Å². The van der Waals surface area contributed by atoms with Crippen molar-refractivity contribution >= 4 is 27.3 Å². The molecule has 1 amide bonds. The number of hydrogen-bond acceptors (Lipinski definition) is 5. The van der Waals surface area contributed by atoms with E-state index in [0.29, 0.717) is 5.69 Å². The van der Waals surface area contributed by atoms with E-state index in [1.807, 2.05) is 0 Å². The zero-order chi connectivity index (χ0) is 18.4. The third kappa shape index (κ3) is 4.72. The van der Waals surface area contributed by atoms with Crippen LogP contribution in [0.2, 0.25) is 0 Å². The molecule has 0 bridgehead atoms. The third-order valence-electron chi connectivity index (χ3n) is 3.18. The monoisotopic (exact) mass is 361 g/mol. The van der Waals surface area contributed by atoms with Crippen LogP contribution in [0.25, 0.3) is 0 Å². The van der Waals surface area contributed by atoms with Gasteiger partial charge < -0.3 is 5.32 Å². The zero-order valence-corrected chi connectivity index (χ0v) is 13.8. The van der Waals surface area contributed by atoms with E-state index in [4.69, 9.17) is 0 Å². The van der Waals surface area contributed by atoms with Crippen LogP contribution < -0.4 is 10.0 Å². The number of rotatable bonds is 7. The molecule has 0 aromatic heterocycles. The molecular formula is C16H15N3O5S. The standard InChI is InChI=1S/C16H15N3O5S/c1-2-11-17-25(23,24)15-9-3-12(4-10-15)16(20)18-13-5-7-14(8-6-13)19(21)22/h2-10,17H,1,11H2,(H,18,20). The predicted octanol–water partition coefficient (Wildman–Crippen LogP) is 2.31. The lowest BCUT2D eigenvalue weighted by Crippen LogP contribution is -2.23. The van der Waals surface area contributed by atoms with Crippen molar-refractivity contribution in [3.05, 3.63) is 76.9 Å². The molecule has 0 fully saturated rings. The Labute approximate surface area is 144 Å². The van der Waals surface area contributed by atoms with Crippen LogP contribution in [0.15, 0.2) is 66.1 Å². The number of anilines is 1. The molecule has 0 radical (unpaired) electrons. The van der Waals surface area contributed by atoms with E-state index < -0.39 is 20.9 Å². The smallest absolute Gasteiger partial charge is 0.269 e. The molecule has 0 atom stereocenters. The Bertz CT molecular complexity index is 890. The summed E-state index contributed by atoms with van der Waals surface area (Å²) in [6.07, 6.45) is 1.42. The van der Waals surface area contributed by atoms with E-state index >= 15 is 0 Å². The molecule has 2 rings (SSSR count). The average Bonchev–Trinajstić information content (AvgIpc) is 2.60. The van der Waals surface area contributed by atoms with Crippen molar-refractivity contribution in [3.63, 3.8) is 0 Å². The lowest BCUT2D eigenvalue weighted by atomic mass is 10.2. The van der Waals surface area contributed by atoms with Gasteiger partial charge in [0.15, 0.2) is 0 Å². The van der Waals surface area contributed by atoms with Gasteiger partial charge in [-0.3, -0.25) is 14.9 Å². The van der Waals surface area contributed by atoms with Gasteiger partial charge in [-0.15, -0.1) is 6.58 Å². The molecule has 2 aromatic rings. The van der Waals surface area contributed by atoms with Crippen molar-refractivity contribution in [2.45, 2.75) is 4.90 Å². The van der Waals surface area contributed by atoms with Crippen LogP contribution in [0.3, 0.4) is 0 Å². The molecule has 9 heteroatoms. The quantitative estimate of drug-likeness (QED) is 0.446. The number of nitrogens with one attached hydrogen (secondary N) is 2. The topological polar surface area (TPSA) is 118 Å². The molecule has 2 aromatic carbocycles. The summed E-state index contributed by atoms with van der Waals surface area (Å²) in [5.74, 6) is -0.461. The second-order valence-electron chi connectivity index (χ2n) is 4.92. The molecule has 0 saturated carbocycles. The summed E-state index contributed by atoms with van der Waals surface area (Å²) < 4.78 is 26.2. The molecule has 8 nitrogen and oxygen atoms in total. The normalized spacial score (nSPS) is 10.9. The van der Waals surface area contributed by atoms with Gasteiger partial charge in [-0.05, 0) is 36.4 Å². The van der Waals surface area contributed by atoms with Gasteiger partial charge in [0.05, 0.1) is 9.82 Å². The number of benzene rings is 2. The SMILES string of the molecule is C=CCNS(=O)(=O)c1ccc(C(=O)Nc2ccc([N+](=O)[O-])cc2)cc1. The second-order valence-corrected chi connectivity index (χ2v) is 6.69. The van der Waals surface area contributed by atoms with Gasteiger partial charge in [-0.1, -0.05) is 6.08 Å². The Balaban J connectivity index is 2.10. The number of non-ortho nitro benzene ring substituents is 1. The van der Waals surface area contributed by atoms with Crippen molar-refractivity contribution in [3.8, 4) is 0 Å². The van der Waals surface area contributed by atoms with Crippen LogP contribution in [0.1, 0.15) is 10.4 Å². The lowest BCUT2D eigenvalue weighted by molar-refractivity contribution is -0.384. The van der Waals surface area contributed by atoms with Crippen molar-refractivity contribution < 1.29 is 18.1 Å². The van der Waals surface area contributed by atoms with Crippen LogP contribution in [0.5, 0.6) is 0 Å². The molecule has 2 N–H and O–H groups in total. The van der Waals surface area contributed by atoms with Crippen LogP contribution in [0.4, 0.5) is 11.4 Å². The van der Waals surface area contributed by atoms with E-state index in [9.17, 15) is 23.3 Å². The predicted molar refractivity (Wildman–Crippen MR) is 92.9 cm³/mol. The minimum Gasteiger partial charge on any atom is -0.322 e. The summed E-state index contributed by atoms with van der Waals surface area (Å²) >= 11 is 0. The van der Waals surface area contributed by atoms with Crippen LogP contribution in [-0.2, 0) is 10.0 Å². The first-order valence-corrected chi connectivity index (χ1v) is 8.58. The largest absolute Gasteiger partial charge is 0.322 e. The van der Waals surface area contributed by atoms with E-state index in [-0.39, 0.29) is 22.7 Å². The summed E-state index contributed by atoms with van der Waals surface area (Å²) in [5, 5.41) is 13.2. The number of nitro groups is 1. The van der Waals surface area contributed by atoms with Crippen molar-refractivity contribution in [2.24, 2.45) is 0 Å². The van der Waals surface area contributed by atoms with Gasteiger partial charge in [-0.2, -0.15) is 0 Å². The number of nitro benzene ring substituents is 1. The highest BCUT2D eigenvalue weighted by Crippen LogP contribution is 2.17. The Morgan fingerprint density at radius 3 is 2.24 bits per heavy atom. The van der Waals surface area contributed by atoms with Gasteiger partial charge in [0.25, 0.3) is 11.6 Å². The molecule has 0 saturated heterocycles. The maximum Gasteiger partial charge on any atom is 0.269 e. The van der Waals surface area contributed by atoms with Gasteiger partial charge in [0.1, 0.15) is 0 Å². The number of carbonyl (C=O) groups excluding carboxylic acids is 1. The van der Waals surface area contributed by atoms with Crippen LogP contribution in [0, 0.1) is 10.1 Å².